The number of aryl methyl sites for hydroxylation is 1. The monoisotopic (exact) mass is 546 g/mol. The molecule has 0 heterocycles. The van der Waals surface area contributed by atoms with Crippen LogP contribution in [0.2, 0.25) is 0 Å². The van der Waals surface area contributed by atoms with Crippen LogP contribution in [0, 0.1) is 0 Å². The number of guanidine groups is 1. The summed E-state index contributed by atoms with van der Waals surface area (Å²) in [6, 6.07) is 17.2. The molecule has 30 heavy (non-hydrogen) atoms. The molecule has 0 aliphatic carbocycles. The molecule has 0 spiro atoms. The Kier molecular flexibility index (Phi) is 12.6. The van der Waals surface area contributed by atoms with Crippen LogP contribution in [0.25, 0.3) is 0 Å². The van der Waals surface area contributed by atoms with E-state index in [4.69, 9.17) is 4.74 Å². The van der Waals surface area contributed by atoms with Gasteiger partial charge in [0.1, 0.15) is 0 Å². The van der Waals surface area contributed by atoms with Crippen molar-refractivity contribution in [1.82, 2.24) is 15.4 Å². The zero-order chi connectivity index (χ0) is 21.0. The predicted octanol–water partition coefficient (Wildman–Crippen LogP) is 2.53. The minimum absolute atomic E-state index is 0. The molecule has 0 amide bonds. The van der Waals surface area contributed by atoms with Gasteiger partial charge in [0.2, 0.25) is 10.0 Å². The van der Waals surface area contributed by atoms with Crippen molar-refractivity contribution in [3.8, 4) is 0 Å². The molecule has 3 N–H and O–H groups in total. The number of rotatable bonds is 11. The smallest absolute Gasteiger partial charge is 0.240 e. The summed E-state index contributed by atoms with van der Waals surface area (Å²) in [5, 5.41) is 6.54. The van der Waals surface area contributed by atoms with Crippen LogP contribution in [0.1, 0.15) is 17.5 Å². The third-order valence-electron chi connectivity index (χ3n) is 4.29. The molecule has 0 radical (unpaired) electrons. The van der Waals surface area contributed by atoms with Crippen LogP contribution in [0.5, 0.6) is 0 Å². The minimum atomic E-state index is -3.51. The fraction of sp³-hybridized carbons (Fsp3) is 0.381. The number of benzene rings is 2. The summed E-state index contributed by atoms with van der Waals surface area (Å²) in [4.78, 5) is 4.46. The maximum Gasteiger partial charge on any atom is 0.240 e. The maximum atomic E-state index is 12.2. The van der Waals surface area contributed by atoms with Crippen LogP contribution in [-0.4, -0.2) is 48.2 Å². The van der Waals surface area contributed by atoms with E-state index in [-0.39, 0.29) is 35.4 Å². The molecule has 0 aliphatic heterocycles. The lowest BCUT2D eigenvalue weighted by molar-refractivity contribution is 0.204. The van der Waals surface area contributed by atoms with Crippen LogP contribution < -0.4 is 15.4 Å². The zero-order valence-corrected chi connectivity index (χ0v) is 20.6. The van der Waals surface area contributed by atoms with E-state index < -0.39 is 10.0 Å². The van der Waals surface area contributed by atoms with Gasteiger partial charge in [-0.05, 0) is 36.1 Å². The molecular formula is C21H31IN4O3S. The standard InChI is InChI=1S/C21H30N4O3S.HI/c1-22-21(23-14-6-9-18-7-4-3-5-8-18)24-17-19-10-12-20(13-11-19)29(26,27)25-15-16-28-2;/h3-5,7-8,10-13,25H,6,9,14-17H2,1-2H3,(H2,22,23,24);1H. The van der Waals surface area contributed by atoms with Crippen molar-refractivity contribution in [2.75, 3.05) is 33.9 Å². The lowest BCUT2D eigenvalue weighted by atomic mass is 10.1. The number of hydrogen-bond acceptors (Lipinski definition) is 4. The average Bonchev–Trinajstić information content (AvgIpc) is 2.74. The van der Waals surface area contributed by atoms with Crippen LogP contribution >= 0.6 is 24.0 Å². The minimum Gasteiger partial charge on any atom is -0.383 e. The number of ether oxygens (including phenoxy) is 1. The van der Waals surface area contributed by atoms with Crippen LogP contribution in [0.3, 0.4) is 0 Å². The number of hydrogen-bond donors (Lipinski definition) is 3. The van der Waals surface area contributed by atoms with Gasteiger partial charge in [0.25, 0.3) is 0 Å². The molecule has 0 aliphatic rings. The Hall–Kier alpha value is -1.69. The molecule has 2 rings (SSSR count). The van der Waals surface area contributed by atoms with Gasteiger partial charge in [0.05, 0.1) is 11.5 Å². The fourth-order valence-corrected chi connectivity index (χ4v) is 3.71. The molecule has 166 valence electrons. The van der Waals surface area contributed by atoms with Crippen LogP contribution in [0.4, 0.5) is 0 Å². The first-order valence-electron chi connectivity index (χ1n) is 9.61. The lowest BCUT2D eigenvalue weighted by Gasteiger charge is -2.12. The third-order valence-corrected chi connectivity index (χ3v) is 5.77. The van der Waals surface area contributed by atoms with Crippen molar-refractivity contribution in [3.63, 3.8) is 0 Å². The van der Waals surface area contributed by atoms with Gasteiger partial charge in [-0.3, -0.25) is 4.99 Å². The van der Waals surface area contributed by atoms with Gasteiger partial charge in [0, 0.05) is 33.8 Å². The normalized spacial score (nSPS) is 11.6. The van der Waals surface area contributed by atoms with Crippen molar-refractivity contribution >= 4 is 40.0 Å². The highest BCUT2D eigenvalue weighted by Gasteiger charge is 2.12. The number of methoxy groups -OCH3 is 1. The van der Waals surface area contributed by atoms with Gasteiger partial charge in [-0.15, -0.1) is 24.0 Å². The summed E-state index contributed by atoms with van der Waals surface area (Å²) in [6.07, 6.45) is 2.02. The van der Waals surface area contributed by atoms with E-state index in [2.05, 4.69) is 44.6 Å². The molecule has 0 fully saturated rings. The summed E-state index contributed by atoms with van der Waals surface area (Å²) >= 11 is 0. The topological polar surface area (TPSA) is 91.8 Å². The second-order valence-electron chi connectivity index (χ2n) is 6.48. The first-order chi connectivity index (χ1) is 14.0. The molecule has 9 heteroatoms. The predicted molar refractivity (Wildman–Crippen MR) is 132 cm³/mol. The number of halogens is 1. The third kappa shape index (κ3) is 9.41. The van der Waals surface area contributed by atoms with E-state index in [1.807, 2.05) is 6.07 Å². The molecule has 0 saturated carbocycles. The molecule has 0 unspecified atom stereocenters. The molecule has 0 saturated heterocycles. The van der Waals surface area contributed by atoms with E-state index in [1.54, 1.807) is 31.3 Å². The zero-order valence-electron chi connectivity index (χ0n) is 17.4. The molecule has 2 aromatic carbocycles. The number of aliphatic imine (C=N–C) groups is 1. The van der Waals surface area contributed by atoms with Crippen LogP contribution in [-0.2, 0) is 27.7 Å². The molecule has 0 aromatic heterocycles. The Morgan fingerprint density at radius 3 is 2.30 bits per heavy atom. The summed E-state index contributed by atoms with van der Waals surface area (Å²) < 4.78 is 31.7. The van der Waals surface area contributed by atoms with E-state index in [0.717, 1.165) is 30.9 Å². The summed E-state index contributed by atoms with van der Waals surface area (Å²) in [7, 11) is -0.250. The Balaban J connectivity index is 0.00000450. The molecule has 0 bridgehead atoms. The highest BCUT2D eigenvalue weighted by molar-refractivity contribution is 14.0. The Morgan fingerprint density at radius 2 is 1.67 bits per heavy atom. The van der Waals surface area contributed by atoms with Crippen molar-refractivity contribution in [3.05, 3.63) is 65.7 Å². The van der Waals surface area contributed by atoms with Crippen molar-refractivity contribution < 1.29 is 13.2 Å². The van der Waals surface area contributed by atoms with Crippen molar-refractivity contribution in [2.24, 2.45) is 4.99 Å². The van der Waals surface area contributed by atoms with E-state index in [9.17, 15) is 8.42 Å². The van der Waals surface area contributed by atoms with E-state index in [1.165, 1.54) is 12.7 Å². The fourth-order valence-electron chi connectivity index (χ4n) is 2.70. The number of sulfonamides is 1. The second-order valence-corrected chi connectivity index (χ2v) is 8.24. The second kappa shape index (κ2) is 14.3. The highest BCUT2D eigenvalue weighted by Crippen LogP contribution is 2.10. The van der Waals surface area contributed by atoms with Gasteiger partial charge < -0.3 is 15.4 Å². The summed E-state index contributed by atoms with van der Waals surface area (Å²) in [5.74, 6) is 0.719. The molecule has 2 aromatic rings. The Morgan fingerprint density at radius 1 is 0.967 bits per heavy atom. The highest BCUT2D eigenvalue weighted by atomic mass is 127. The Bertz CT molecular complexity index is 860. The Labute approximate surface area is 196 Å². The van der Waals surface area contributed by atoms with Gasteiger partial charge in [0.15, 0.2) is 5.96 Å². The quantitative estimate of drug-likeness (QED) is 0.175. The first-order valence-corrected chi connectivity index (χ1v) is 11.1. The number of nitrogens with zero attached hydrogens (tertiary/aromatic N) is 1. The molecule has 0 atom stereocenters. The lowest BCUT2D eigenvalue weighted by Crippen LogP contribution is -2.37. The van der Waals surface area contributed by atoms with Crippen molar-refractivity contribution in [2.45, 2.75) is 24.3 Å². The van der Waals surface area contributed by atoms with E-state index in [0.29, 0.717) is 13.2 Å². The average molecular weight is 546 g/mol. The summed E-state index contributed by atoms with van der Waals surface area (Å²) in [6.45, 7) is 1.95. The largest absolute Gasteiger partial charge is 0.383 e. The number of nitrogens with one attached hydrogen (secondary N) is 3. The van der Waals surface area contributed by atoms with Gasteiger partial charge in [-0.25, -0.2) is 13.1 Å². The molecular weight excluding hydrogens is 515 g/mol. The van der Waals surface area contributed by atoms with Crippen molar-refractivity contribution in [1.29, 1.82) is 0 Å². The van der Waals surface area contributed by atoms with E-state index >= 15 is 0 Å². The SMILES string of the molecule is CN=C(NCCCc1ccccc1)NCc1ccc(S(=O)(=O)NCCOC)cc1.I. The van der Waals surface area contributed by atoms with Gasteiger partial charge in [-0.1, -0.05) is 42.5 Å². The van der Waals surface area contributed by atoms with Crippen LogP contribution in [0.15, 0.2) is 64.5 Å². The van der Waals surface area contributed by atoms with Gasteiger partial charge in [-0.2, -0.15) is 0 Å². The summed E-state index contributed by atoms with van der Waals surface area (Å²) in [5.41, 5.74) is 2.29. The molecule has 7 nitrogen and oxygen atoms in total. The van der Waals surface area contributed by atoms with Gasteiger partial charge >= 0.3 is 0 Å². The first kappa shape index (κ1) is 26.3. The maximum absolute atomic E-state index is 12.2.